The average molecular weight is 1020 g/mol. The Morgan fingerprint density at radius 2 is 0.987 bits per heavy atom. The van der Waals surface area contributed by atoms with Crippen LogP contribution in [0.2, 0.25) is 0 Å². The van der Waals surface area contributed by atoms with Crippen molar-refractivity contribution in [3.8, 4) is 22.8 Å². The van der Waals surface area contributed by atoms with Gasteiger partial charge in [0.2, 0.25) is 41.3 Å². The van der Waals surface area contributed by atoms with E-state index in [1.807, 2.05) is 147 Å². The maximum Gasteiger partial charge on any atom is 0.248 e. The Morgan fingerprint density at radius 3 is 1.40 bits per heavy atom. The molecule has 5 aromatic rings. The van der Waals surface area contributed by atoms with Crippen molar-refractivity contribution in [2.24, 2.45) is 0 Å². The second-order valence-corrected chi connectivity index (χ2v) is 21.6. The number of nitrogens with zero attached hydrogens (tertiary/aromatic N) is 7. The number of hydrogen-bond donors (Lipinski definition) is 2. The molecule has 4 aliphatic heterocycles. The van der Waals surface area contributed by atoms with Gasteiger partial charge in [-0.3, -0.25) is 38.6 Å². The van der Waals surface area contributed by atoms with Crippen LogP contribution in [0, 0.1) is 0 Å². The minimum Gasteiger partial charge on any atom is -0.436 e. The molecule has 2 N–H and O–H groups in total. The molecule has 6 amide bonds. The maximum atomic E-state index is 14.4. The van der Waals surface area contributed by atoms with Crippen molar-refractivity contribution in [3.05, 3.63) is 127 Å². The van der Waals surface area contributed by atoms with Crippen LogP contribution >= 0.6 is 0 Å². The third kappa shape index (κ3) is 11.0. The molecule has 4 aliphatic rings. The zero-order valence-corrected chi connectivity index (χ0v) is 44.2. The molecule has 16 nitrogen and oxygen atoms in total. The molecular weight excluding hydrogens is 947 g/mol. The van der Waals surface area contributed by atoms with E-state index >= 15 is 0 Å². The molecule has 0 bridgehead atoms. The van der Waals surface area contributed by atoms with Gasteiger partial charge in [-0.05, 0) is 153 Å². The van der Waals surface area contributed by atoms with Crippen LogP contribution < -0.4 is 10.6 Å². The molecule has 4 fully saturated rings. The van der Waals surface area contributed by atoms with Crippen molar-refractivity contribution in [2.75, 3.05) is 65.0 Å². The molecule has 394 valence electrons. The molecule has 0 saturated carbocycles. The summed E-state index contributed by atoms with van der Waals surface area (Å²) in [5.74, 6) is 0.167. The van der Waals surface area contributed by atoms with Gasteiger partial charge in [0.25, 0.3) is 0 Å². The monoisotopic (exact) mass is 1020 g/mol. The Labute approximate surface area is 440 Å². The standard InChI is InChI=1S/C59H71N9O7/c1-58(31-15-35-67(58)54(71)51(63(3)4)41-17-9-7-10-18-41)56(73)65-33-13-21-46(65)37-49(69)61-44-27-23-40(24-28-44)48-39-60-53(75-48)43-25-29-45(30-26-43)62-50(70)38-47-22-14-34-66(47)57(74)59(2)32-16-36-68(59)55(72)52(64(5)6)42-19-11-8-12-20-42/h7-12,17-20,23-30,39,46-47,51-52H,13-16,21-22,31-38H2,1-6H3,(H,61,69)(H,62,70)/t46-,47-,51+,52+,58?,59?/m0/s1. The fourth-order valence-electron chi connectivity index (χ4n) is 12.0. The highest BCUT2D eigenvalue weighted by atomic mass is 16.4. The van der Waals surface area contributed by atoms with Crippen LogP contribution in [0.4, 0.5) is 11.4 Å². The summed E-state index contributed by atoms with van der Waals surface area (Å²) in [7, 11) is 7.53. The van der Waals surface area contributed by atoms with Crippen molar-refractivity contribution >= 4 is 46.8 Å². The largest absolute Gasteiger partial charge is 0.436 e. The third-order valence-electron chi connectivity index (χ3n) is 16.0. The molecule has 9 rings (SSSR count). The first-order chi connectivity index (χ1) is 36.0. The van der Waals surface area contributed by atoms with Crippen LogP contribution in [-0.2, 0) is 28.8 Å². The van der Waals surface area contributed by atoms with E-state index in [2.05, 4.69) is 15.6 Å². The normalized spacial score (nSPS) is 22.5. The fourth-order valence-corrected chi connectivity index (χ4v) is 12.0. The van der Waals surface area contributed by atoms with Crippen LogP contribution in [0.3, 0.4) is 0 Å². The van der Waals surface area contributed by atoms with Gasteiger partial charge < -0.3 is 34.7 Å². The first-order valence-corrected chi connectivity index (χ1v) is 26.5. The van der Waals surface area contributed by atoms with E-state index in [4.69, 9.17) is 4.42 Å². The SMILES string of the molecule is CN(C)[C@@H](C(=O)N1CCCC1(C)C(=O)N1CCC[C@H]1CC(=O)Nc1ccc(-c2cnc(-c3ccc(NC(=O)C[C@@H]4CCCN4C(=O)C4(C)CCCN4C(=O)[C@@H](c4ccccc4)N(C)C)cc3)o2)cc1)c1ccccc1. The Kier molecular flexibility index (Phi) is 15.7. The van der Waals surface area contributed by atoms with Crippen LogP contribution in [0.15, 0.2) is 120 Å². The van der Waals surface area contributed by atoms with Gasteiger partial charge >= 0.3 is 0 Å². The minimum atomic E-state index is -0.997. The van der Waals surface area contributed by atoms with Gasteiger partial charge in [0.05, 0.1) is 6.20 Å². The summed E-state index contributed by atoms with van der Waals surface area (Å²) >= 11 is 0. The summed E-state index contributed by atoms with van der Waals surface area (Å²) in [5.41, 5.74) is 2.46. The molecule has 0 radical (unpaired) electrons. The number of rotatable bonds is 16. The zero-order valence-electron chi connectivity index (χ0n) is 44.2. The Morgan fingerprint density at radius 1 is 0.573 bits per heavy atom. The summed E-state index contributed by atoms with van der Waals surface area (Å²) in [4.78, 5) is 99.7. The van der Waals surface area contributed by atoms with Crippen molar-refractivity contribution < 1.29 is 33.2 Å². The lowest BCUT2D eigenvalue weighted by Crippen LogP contribution is -2.59. The van der Waals surface area contributed by atoms with E-state index in [1.165, 1.54) is 0 Å². The first-order valence-electron chi connectivity index (χ1n) is 26.5. The summed E-state index contributed by atoms with van der Waals surface area (Å²) in [6.07, 6.45) is 7.52. The molecular formula is C59H71N9O7. The zero-order chi connectivity index (χ0) is 53.0. The summed E-state index contributed by atoms with van der Waals surface area (Å²) in [5, 5.41) is 6.01. The van der Waals surface area contributed by atoms with Crippen molar-refractivity contribution in [1.29, 1.82) is 0 Å². The molecule has 0 spiro atoms. The summed E-state index contributed by atoms with van der Waals surface area (Å²) < 4.78 is 6.17. The highest BCUT2D eigenvalue weighted by Crippen LogP contribution is 2.39. The van der Waals surface area contributed by atoms with Crippen molar-refractivity contribution in [1.82, 2.24) is 34.4 Å². The van der Waals surface area contributed by atoms with Gasteiger partial charge in [0.1, 0.15) is 23.2 Å². The van der Waals surface area contributed by atoms with E-state index in [-0.39, 0.29) is 60.4 Å². The number of aromatic nitrogens is 1. The molecule has 5 heterocycles. The van der Waals surface area contributed by atoms with Crippen LogP contribution in [-0.4, -0.2) is 147 Å². The lowest BCUT2D eigenvalue weighted by molar-refractivity contribution is -0.153. The van der Waals surface area contributed by atoms with Gasteiger partial charge in [0.15, 0.2) is 5.76 Å². The number of likely N-dealkylation sites (N-methyl/N-ethyl adjacent to an activating group) is 2. The Balaban J connectivity index is 0.763. The fraction of sp³-hybridized carbons (Fsp3) is 0.441. The van der Waals surface area contributed by atoms with E-state index in [0.717, 1.165) is 42.4 Å². The van der Waals surface area contributed by atoms with E-state index in [1.54, 1.807) is 40.3 Å². The van der Waals surface area contributed by atoms with Crippen LogP contribution in [0.25, 0.3) is 22.8 Å². The summed E-state index contributed by atoms with van der Waals surface area (Å²) in [6.45, 7) is 5.86. The number of amides is 6. The van der Waals surface area contributed by atoms with Gasteiger partial charge in [-0.1, -0.05) is 60.7 Å². The number of benzene rings is 4. The molecule has 6 atom stereocenters. The van der Waals surface area contributed by atoms with Gasteiger partial charge in [-0.2, -0.15) is 0 Å². The molecule has 4 saturated heterocycles. The quantitative estimate of drug-likeness (QED) is 0.0987. The highest BCUT2D eigenvalue weighted by molar-refractivity contribution is 5.97. The number of nitrogens with one attached hydrogen (secondary N) is 2. The van der Waals surface area contributed by atoms with E-state index in [0.29, 0.717) is 80.5 Å². The minimum absolute atomic E-state index is 0.0917. The second-order valence-electron chi connectivity index (χ2n) is 21.6. The van der Waals surface area contributed by atoms with Gasteiger partial charge in [-0.15, -0.1) is 0 Å². The second kappa shape index (κ2) is 22.4. The van der Waals surface area contributed by atoms with Crippen LogP contribution in [0.5, 0.6) is 0 Å². The average Bonchev–Trinajstić information content (AvgIpc) is 4.27. The lowest BCUT2D eigenvalue weighted by Gasteiger charge is -2.41. The lowest BCUT2D eigenvalue weighted by atomic mass is 9.94. The number of hydrogen-bond acceptors (Lipinski definition) is 10. The number of likely N-dealkylation sites (tertiary alicyclic amines) is 4. The first kappa shape index (κ1) is 52.7. The molecule has 4 aromatic carbocycles. The highest BCUT2D eigenvalue weighted by Gasteiger charge is 2.52. The molecule has 0 aliphatic carbocycles. The molecule has 16 heteroatoms. The predicted molar refractivity (Wildman–Crippen MR) is 288 cm³/mol. The Bertz CT molecular complexity index is 2670. The van der Waals surface area contributed by atoms with Crippen LogP contribution in [0.1, 0.15) is 101 Å². The third-order valence-corrected chi connectivity index (χ3v) is 16.0. The van der Waals surface area contributed by atoms with E-state index in [9.17, 15) is 28.8 Å². The smallest absolute Gasteiger partial charge is 0.248 e. The summed E-state index contributed by atoms with van der Waals surface area (Å²) in [6, 6.07) is 32.3. The molecule has 1 aromatic heterocycles. The van der Waals surface area contributed by atoms with Crippen molar-refractivity contribution in [3.63, 3.8) is 0 Å². The maximum absolute atomic E-state index is 14.4. The number of anilines is 2. The van der Waals surface area contributed by atoms with Gasteiger partial charge in [0, 0.05) is 73.6 Å². The Hall–Kier alpha value is -7.17. The van der Waals surface area contributed by atoms with Crippen molar-refractivity contribution in [2.45, 2.75) is 113 Å². The van der Waals surface area contributed by atoms with E-state index < -0.39 is 23.2 Å². The molecule has 2 unspecified atom stereocenters. The number of carbonyl (C=O) groups is 6. The molecule has 75 heavy (non-hydrogen) atoms. The number of carbonyl (C=O) groups excluding carboxylic acids is 6. The topological polar surface area (TPSA) is 172 Å². The predicted octanol–water partition coefficient (Wildman–Crippen LogP) is 8.02. The van der Waals surface area contributed by atoms with Gasteiger partial charge in [-0.25, -0.2) is 4.98 Å². The number of oxazole rings is 1.